The van der Waals surface area contributed by atoms with Crippen molar-refractivity contribution in [2.24, 2.45) is 17.8 Å². The van der Waals surface area contributed by atoms with Crippen LogP contribution in [0.25, 0.3) is 44.2 Å². The molecule has 340 valence electrons. The number of imidazole rings is 2. The maximum Gasteiger partial charge on any atom is 0.407 e. The summed E-state index contributed by atoms with van der Waals surface area (Å²) < 4.78 is 21.7. The Morgan fingerprint density at radius 1 is 0.848 bits per heavy atom. The summed E-state index contributed by atoms with van der Waals surface area (Å²) in [6, 6.07) is 21.3. The minimum atomic E-state index is -0.949. The van der Waals surface area contributed by atoms with Crippen molar-refractivity contribution in [3.8, 4) is 28.1 Å². The van der Waals surface area contributed by atoms with E-state index in [1.54, 1.807) is 18.2 Å². The predicted molar refractivity (Wildman–Crippen MR) is 245 cm³/mol. The number of H-pyrrole nitrogens is 2. The summed E-state index contributed by atoms with van der Waals surface area (Å²) in [4.78, 5) is 73.8. The Hall–Kier alpha value is -7.20. The number of nitrogens with one attached hydrogen (secondary N) is 4. The second-order valence-corrected chi connectivity index (χ2v) is 17.9. The van der Waals surface area contributed by atoms with Crippen LogP contribution in [0.4, 0.5) is 9.59 Å². The molecule has 16 heteroatoms. The lowest BCUT2D eigenvalue weighted by Gasteiger charge is -2.35. The fraction of sp³-hybridized carbons (Fsp3) is 0.360. The molecule has 3 aliphatic heterocycles. The number of amides is 4. The zero-order chi connectivity index (χ0) is 45.8. The molecule has 5 heterocycles. The molecule has 16 nitrogen and oxygen atoms in total. The number of methoxy groups -OCH3 is 3. The topological polar surface area (TPSA) is 193 Å². The molecule has 0 saturated carbocycles. The number of alkyl carbamates (subject to hydrolysis) is 2. The molecule has 2 fully saturated rings. The van der Waals surface area contributed by atoms with Gasteiger partial charge in [0.25, 0.3) is 5.91 Å². The lowest BCUT2D eigenvalue weighted by Crippen LogP contribution is -2.53. The molecular weight excluding hydrogens is 841 g/mol. The number of aromatic nitrogens is 4. The number of hydrogen-bond acceptors (Lipinski definition) is 10. The zero-order valence-electron chi connectivity index (χ0n) is 37.4. The fourth-order valence-corrected chi connectivity index (χ4v) is 10.2. The van der Waals surface area contributed by atoms with E-state index in [1.807, 2.05) is 55.1 Å². The molecule has 2 aromatic heterocycles. The van der Waals surface area contributed by atoms with Gasteiger partial charge in [-0.05, 0) is 70.7 Å². The molecule has 0 spiro atoms. The Morgan fingerprint density at radius 3 is 2.39 bits per heavy atom. The molecule has 4 aliphatic rings. The number of likely N-dealkylation sites (tertiary alicyclic amines) is 2. The van der Waals surface area contributed by atoms with Gasteiger partial charge in [0, 0.05) is 36.4 Å². The van der Waals surface area contributed by atoms with Crippen LogP contribution < -0.4 is 15.4 Å². The normalized spacial score (nSPS) is 21.4. The van der Waals surface area contributed by atoms with Crippen LogP contribution in [0.2, 0.25) is 0 Å². The summed E-state index contributed by atoms with van der Waals surface area (Å²) >= 11 is 0. The van der Waals surface area contributed by atoms with Crippen LogP contribution in [0.15, 0.2) is 91.1 Å². The van der Waals surface area contributed by atoms with E-state index in [4.69, 9.17) is 28.9 Å². The van der Waals surface area contributed by atoms with Gasteiger partial charge in [0.2, 0.25) is 5.91 Å². The highest BCUT2D eigenvalue weighted by Gasteiger charge is 2.49. The highest BCUT2D eigenvalue weighted by Crippen LogP contribution is 2.47. The van der Waals surface area contributed by atoms with E-state index in [2.05, 4.69) is 69.2 Å². The molecule has 0 bridgehead atoms. The monoisotopic (exact) mass is 892 g/mol. The second kappa shape index (κ2) is 17.3. The Bertz CT molecular complexity index is 2890. The van der Waals surface area contributed by atoms with Gasteiger partial charge in [-0.25, -0.2) is 19.6 Å². The molecule has 4 N–H and O–H groups in total. The lowest BCUT2D eigenvalue weighted by molar-refractivity contribution is -0.137. The number of rotatable bonds is 11. The molecule has 6 aromatic rings. The predicted octanol–water partition coefficient (Wildman–Crippen LogP) is 7.51. The third kappa shape index (κ3) is 7.57. The van der Waals surface area contributed by atoms with Crippen molar-refractivity contribution in [2.45, 2.75) is 63.5 Å². The van der Waals surface area contributed by atoms with Crippen molar-refractivity contribution in [1.82, 2.24) is 40.4 Å². The van der Waals surface area contributed by atoms with Crippen LogP contribution in [-0.2, 0) is 30.4 Å². The highest BCUT2D eigenvalue weighted by molar-refractivity contribution is 6.07. The van der Waals surface area contributed by atoms with Crippen LogP contribution in [0, 0.1) is 17.8 Å². The van der Waals surface area contributed by atoms with Gasteiger partial charge in [-0.2, -0.15) is 0 Å². The van der Waals surface area contributed by atoms with Crippen molar-refractivity contribution < 1.29 is 38.1 Å². The van der Waals surface area contributed by atoms with E-state index in [0.717, 1.165) is 61.9 Å². The van der Waals surface area contributed by atoms with E-state index in [-0.39, 0.29) is 47.7 Å². The molecule has 1 aliphatic carbocycles. The smallest absolute Gasteiger partial charge is 0.407 e. The minimum Gasteiger partial charge on any atom is -0.488 e. The summed E-state index contributed by atoms with van der Waals surface area (Å²) in [6.07, 6.45) is 6.01. The summed E-state index contributed by atoms with van der Waals surface area (Å²) in [5.74, 6) is 1.81. The largest absolute Gasteiger partial charge is 0.488 e. The lowest BCUT2D eigenvalue weighted by atomic mass is 9.89. The third-order valence-electron chi connectivity index (χ3n) is 13.6. The molecule has 0 radical (unpaired) electrons. The number of nitrogens with zero attached hydrogens (tertiary/aromatic N) is 4. The Balaban J connectivity index is 0.914. The second-order valence-electron chi connectivity index (χ2n) is 17.9. The van der Waals surface area contributed by atoms with Crippen molar-refractivity contribution in [2.75, 3.05) is 34.5 Å². The first-order chi connectivity index (χ1) is 32.0. The Labute approximate surface area is 381 Å². The number of carbonyl (C=O) groups is 4. The maximum absolute atomic E-state index is 14.3. The number of benzene rings is 4. The molecule has 7 unspecified atom stereocenters. The van der Waals surface area contributed by atoms with Crippen LogP contribution in [-0.4, -0.2) is 100 Å². The van der Waals surface area contributed by atoms with E-state index in [0.29, 0.717) is 43.4 Å². The number of fused-ring (bicyclic) bond motifs is 7. The van der Waals surface area contributed by atoms with E-state index in [9.17, 15) is 19.2 Å². The van der Waals surface area contributed by atoms with Gasteiger partial charge in [0.15, 0.2) is 0 Å². The highest BCUT2D eigenvalue weighted by atomic mass is 16.5. The van der Waals surface area contributed by atoms with E-state index >= 15 is 0 Å². The number of hydrogen-bond donors (Lipinski definition) is 4. The van der Waals surface area contributed by atoms with Crippen molar-refractivity contribution in [1.29, 1.82) is 0 Å². The van der Waals surface area contributed by atoms with Gasteiger partial charge in [-0.15, -0.1) is 0 Å². The molecule has 4 amide bonds. The first-order valence-corrected chi connectivity index (χ1v) is 22.3. The van der Waals surface area contributed by atoms with Gasteiger partial charge >= 0.3 is 12.2 Å². The molecular formula is C50H52N8O8. The average molecular weight is 893 g/mol. The summed E-state index contributed by atoms with van der Waals surface area (Å²) in [6.45, 7) is 5.08. The fourth-order valence-electron chi connectivity index (χ4n) is 10.2. The number of ether oxygens (including phenoxy) is 4. The van der Waals surface area contributed by atoms with Crippen molar-refractivity contribution in [3.63, 3.8) is 0 Å². The number of aromatic amines is 2. The van der Waals surface area contributed by atoms with Crippen molar-refractivity contribution >= 4 is 45.8 Å². The molecule has 2 saturated heterocycles. The van der Waals surface area contributed by atoms with Crippen LogP contribution in [0.5, 0.6) is 5.75 Å². The van der Waals surface area contributed by atoms with Gasteiger partial charge in [0.05, 0.1) is 61.9 Å². The quantitative estimate of drug-likeness (QED) is 0.0947. The molecule has 7 atom stereocenters. The first-order valence-electron chi connectivity index (χ1n) is 22.3. The Kier molecular flexibility index (Phi) is 11.2. The van der Waals surface area contributed by atoms with Gasteiger partial charge in [-0.1, -0.05) is 74.5 Å². The van der Waals surface area contributed by atoms with Gasteiger partial charge in [0.1, 0.15) is 36.1 Å². The summed E-state index contributed by atoms with van der Waals surface area (Å²) in [5, 5.41) is 7.43. The standard InChI is InChI=1S/C50H52N8O8/c1-26(2)42(55-49(61)64-4)48(60)58-38-16-13-31(38)20-40(58)46-52-36-15-12-29-19-35-33-14-11-30(18-32(33)25-66-41(35)21-34(29)44(36)54-46)37-22-51-45(53-37)39-17-27(24-63-3)23-57(39)47(59)43(56-50(62)65-5)28-9-7-6-8-10-28/h6-16,18-19,21-22,26-27,31,38-40,42-43H,17,20,23-25H2,1-5H3,(H,51,53)(H,52,54)(H,55,61)(H,56,62). The molecule has 66 heavy (non-hydrogen) atoms. The van der Waals surface area contributed by atoms with E-state index in [1.165, 1.54) is 14.2 Å². The summed E-state index contributed by atoms with van der Waals surface area (Å²) in [5.41, 5.74) is 7.08. The van der Waals surface area contributed by atoms with Gasteiger partial charge < -0.3 is 49.3 Å². The first kappa shape index (κ1) is 42.7. The van der Waals surface area contributed by atoms with Crippen LogP contribution in [0.1, 0.15) is 67.6 Å². The SMILES string of the molecule is COCC1CC(c2ncc(-c3ccc4c(c3)COc3cc5c(ccc6[nH]c(C7CC8C=CC8N7C(=O)C(NC(=O)OC)C(C)C)nc65)cc3-4)[nH]2)N(C(=O)C(NC(=O)OC)c2ccccc2)C1. The number of carbonyl (C=O) groups excluding carboxylic acids is 4. The minimum absolute atomic E-state index is 0.0666. The average Bonchev–Trinajstić information content (AvgIpc) is 4.13. The Morgan fingerprint density at radius 2 is 1.65 bits per heavy atom. The van der Waals surface area contributed by atoms with Crippen molar-refractivity contribution in [3.05, 3.63) is 114 Å². The van der Waals surface area contributed by atoms with Crippen LogP contribution in [0.3, 0.4) is 0 Å². The summed E-state index contributed by atoms with van der Waals surface area (Å²) in [7, 11) is 4.22. The van der Waals surface area contributed by atoms with Gasteiger partial charge in [-0.3, -0.25) is 9.59 Å². The van der Waals surface area contributed by atoms with Crippen LogP contribution >= 0.6 is 0 Å². The van der Waals surface area contributed by atoms with E-state index < -0.39 is 24.3 Å². The molecule has 10 rings (SSSR count). The maximum atomic E-state index is 14.3. The zero-order valence-corrected chi connectivity index (χ0v) is 37.4. The third-order valence-corrected chi connectivity index (χ3v) is 13.6. The molecule has 4 aromatic carbocycles.